The Morgan fingerprint density at radius 2 is 2.14 bits per heavy atom. The summed E-state index contributed by atoms with van der Waals surface area (Å²) < 4.78 is 40.4. The van der Waals surface area contributed by atoms with Gasteiger partial charge >= 0.3 is 6.61 Å². The summed E-state index contributed by atoms with van der Waals surface area (Å²) in [6.45, 7) is -3.12. The minimum absolute atomic E-state index is 0.384. The third kappa shape index (κ3) is 2.30. The number of rotatable bonds is 3. The summed E-state index contributed by atoms with van der Waals surface area (Å²) in [4.78, 5) is 2.33. The van der Waals surface area contributed by atoms with E-state index in [-0.39, 0.29) is 5.69 Å². The Morgan fingerprint density at radius 1 is 1.43 bits per heavy atom. The molecule has 0 saturated heterocycles. The number of halogens is 3. The lowest BCUT2D eigenvalue weighted by Gasteiger charge is -2.05. The highest BCUT2D eigenvalue weighted by Gasteiger charge is 2.11. The molecule has 0 N–H and O–H groups in total. The van der Waals surface area contributed by atoms with Gasteiger partial charge in [0.05, 0.1) is 5.69 Å². The Morgan fingerprint density at radius 3 is 2.71 bits per heavy atom. The van der Waals surface area contributed by atoms with E-state index in [9.17, 15) is 13.2 Å². The van der Waals surface area contributed by atoms with Gasteiger partial charge in [0.15, 0.2) is 11.6 Å². The van der Waals surface area contributed by atoms with E-state index in [1.165, 1.54) is 6.07 Å². The topological polar surface area (TPSA) is 58.0 Å². The molecule has 0 aliphatic carbocycles. The highest BCUT2D eigenvalue weighted by Crippen LogP contribution is 2.27. The molecule has 14 heavy (non-hydrogen) atoms. The zero-order valence-electron chi connectivity index (χ0n) is 6.69. The van der Waals surface area contributed by atoms with Crippen LogP contribution in [0.5, 0.6) is 5.75 Å². The highest BCUT2D eigenvalue weighted by molar-refractivity contribution is 5.45. The normalized spacial score (nSPS) is 9.71. The van der Waals surface area contributed by atoms with E-state index in [1.807, 2.05) is 0 Å². The molecule has 0 aliphatic heterocycles. The molecular weight excluding hydrogens is 199 g/mol. The third-order valence-corrected chi connectivity index (χ3v) is 1.31. The van der Waals surface area contributed by atoms with Crippen LogP contribution in [0.2, 0.25) is 0 Å². The van der Waals surface area contributed by atoms with Gasteiger partial charge in [-0.1, -0.05) is 11.2 Å². The summed E-state index contributed by atoms with van der Waals surface area (Å²) in [6, 6.07) is 3.40. The van der Waals surface area contributed by atoms with Crippen molar-refractivity contribution in [2.75, 3.05) is 0 Å². The molecule has 0 amide bonds. The van der Waals surface area contributed by atoms with Gasteiger partial charge in [-0.2, -0.15) is 8.78 Å². The van der Waals surface area contributed by atoms with Gasteiger partial charge < -0.3 is 4.74 Å². The standard InChI is InChI=1S/C7H4F3N3O/c8-6-4(12-13-11)2-1-3-5(6)14-7(9)10/h1-3,7H. The van der Waals surface area contributed by atoms with Crippen LogP contribution in [0.3, 0.4) is 0 Å². The fourth-order valence-corrected chi connectivity index (χ4v) is 0.812. The molecule has 0 aromatic heterocycles. The van der Waals surface area contributed by atoms with E-state index in [0.717, 1.165) is 12.1 Å². The van der Waals surface area contributed by atoms with E-state index in [4.69, 9.17) is 5.53 Å². The summed E-state index contributed by atoms with van der Waals surface area (Å²) in [5.74, 6) is -1.75. The monoisotopic (exact) mass is 203 g/mol. The Balaban J connectivity index is 3.07. The van der Waals surface area contributed by atoms with Crippen LogP contribution in [0.1, 0.15) is 0 Å². The SMILES string of the molecule is [N-]=[N+]=Nc1cccc(OC(F)F)c1F. The molecule has 0 fully saturated rings. The van der Waals surface area contributed by atoms with Crippen LogP contribution in [0.15, 0.2) is 23.3 Å². The van der Waals surface area contributed by atoms with Crippen LogP contribution in [-0.4, -0.2) is 6.61 Å². The molecule has 0 saturated carbocycles. The van der Waals surface area contributed by atoms with Crippen molar-refractivity contribution in [3.05, 3.63) is 34.5 Å². The van der Waals surface area contributed by atoms with Gasteiger partial charge in [-0.3, -0.25) is 0 Å². The lowest BCUT2D eigenvalue weighted by molar-refractivity contribution is -0.0521. The average molecular weight is 203 g/mol. The molecule has 7 heteroatoms. The summed E-state index contributed by atoms with van der Waals surface area (Å²) >= 11 is 0. The minimum Gasteiger partial charge on any atom is -0.432 e. The van der Waals surface area contributed by atoms with Crippen LogP contribution in [0.25, 0.3) is 10.4 Å². The van der Waals surface area contributed by atoms with Crippen molar-refractivity contribution in [2.45, 2.75) is 6.61 Å². The van der Waals surface area contributed by atoms with Crippen LogP contribution in [0, 0.1) is 5.82 Å². The second-order valence-corrected chi connectivity index (χ2v) is 2.16. The lowest BCUT2D eigenvalue weighted by atomic mass is 10.3. The molecule has 0 heterocycles. The average Bonchev–Trinajstić information content (AvgIpc) is 2.11. The summed E-state index contributed by atoms with van der Waals surface area (Å²) in [6.07, 6.45) is 0. The van der Waals surface area contributed by atoms with Crippen molar-refractivity contribution >= 4 is 5.69 Å². The zero-order valence-corrected chi connectivity index (χ0v) is 6.69. The van der Waals surface area contributed by atoms with E-state index in [2.05, 4.69) is 14.8 Å². The maximum Gasteiger partial charge on any atom is 0.387 e. The van der Waals surface area contributed by atoms with Gasteiger partial charge in [0.2, 0.25) is 0 Å². The van der Waals surface area contributed by atoms with Crippen LogP contribution < -0.4 is 4.74 Å². The van der Waals surface area contributed by atoms with Gasteiger partial charge in [-0.25, -0.2) is 4.39 Å². The van der Waals surface area contributed by atoms with Crippen molar-refractivity contribution in [2.24, 2.45) is 5.11 Å². The van der Waals surface area contributed by atoms with Gasteiger partial charge in [0.1, 0.15) is 0 Å². The molecule has 0 radical (unpaired) electrons. The zero-order chi connectivity index (χ0) is 10.6. The summed E-state index contributed by atoms with van der Waals surface area (Å²) in [5, 5.41) is 2.95. The Hall–Kier alpha value is -1.88. The molecule has 1 rings (SSSR count). The number of azide groups is 1. The van der Waals surface area contributed by atoms with E-state index >= 15 is 0 Å². The third-order valence-electron chi connectivity index (χ3n) is 1.31. The quantitative estimate of drug-likeness (QED) is 0.422. The Bertz CT molecular complexity index is 376. The fourth-order valence-electron chi connectivity index (χ4n) is 0.812. The molecule has 0 spiro atoms. The molecule has 0 bridgehead atoms. The number of hydrogen-bond donors (Lipinski definition) is 0. The van der Waals surface area contributed by atoms with Crippen molar-refractivity contribution in [3.8, 4) is 5.75 Å². The van der Waals surface area contributed by atoms with E-state index < -0.39 is 18.2 Å². The second kappa shape index (κ2) is 4.38. The minimum atomic E-state index is -3.12. The maximum absolute atomic E-state index is 13.1. The number of hydrogen-bond acceptors (Lipinski definition) is 2. The van der Waals surface area contributed by atoms with Crippen molar-refractivity contribution in [3.63, 3.8) is 0 Å². The molecule has 1 aromatic rings. The molecule has 0 aliphatic rings. The van der Waals surface area contributed by atoms with Gasteiger partial charge in [-0.15, -0.1) is 0 Å². The second-order valence-electron chi connectivity index (χ2n) is 2.16. The van der Waals surface area contributed by atoms with E-state index in [0.29, 0.717) is 0 Å². The summed E-state index contributed by atoms with van der Waals surface area (Å²) in [7, 11) is 0. The maximum atomic E-state index is 13.1. The summed E-state index contributed by atoms with van der Waals surface area (Å²) in [5.41, 5.74) is 7.64. The smallest absolute Gasteiger partial charge is 0.387 e. The fraction of sp³-hybridized carbons (Fsp3) is 0.143. The number of ether oxygens (including phenoxy) is 1. The molecule has 0 unspecified atom stereocenters. The lowest BCUT2D eigenvalue weighted by Crippen LogP contribution is -2.03. The van der Waals surface area contributed by atoms with Crippen LogP contribution >= 0.6 is 0 Å². The van der Waals surface area contributed by atoms with Crippen LogP contribution in [0.4, 0.5) is 18.9 Å². The molecule has 1 aromatic carbocycles. The van der Waals surface area contributed by atoms with E-state index in [1.54, 1.807) is 0 Å². The molecular formula is C7H4F3N3O. The van der Waals surface area contributed by atoms with Crippen molar-refractivity contribution < 1.29 is 17.9 Å². The number of nitrogens with zero attached hydrogens (tertiary/aromatic N) is 3. The largest absolute Gasteiger partial charge is 0.432 e. The number of benzene rings is 1. The predicted octanol–water partition coefficient (Wildman–Crippen LogP) is 3.37. The van der Waals surface area contributed by atoms with Crippen molar-refractivity contribution in [1.82, 2.24) is 0 Å². The van der Waals surface area contributed by atoms with Gasteiger partial charge in [0, 0.05) is 4.91 Å². The Kier molecular flexibility index (Phi) is 3.19. The van der Waals surface area contributed by atoms with Crippen LogP contribution in [-0.2, 0) is 0 Å². The molecule has 0 atom stereocenters. The highest BCUT2D eigenvalue weighted by atomic mass is 19.3. The predicted molar refractivity (Wildman–Crippen MR) is 41.8 cm³/mol. The van der Waals surface area contributed by atoms with Gasteiger partial charge in [-0.05, 0) is 17.7 Å². The first-order valence-corrected chi connectivity index (χ1v) is 3.43. The molecule has 74 valence electrons. The first-order chi connectivity index (χ1) is 6.65. The van der Waals surface area contributed by atoms with Crippen molar-refractivity contribution in [1.29, 1.82) is 0 Å². The van der Waals surface area contributed by atoms with Gasteiger partial charge in [0.25, 0.3) is 0 Å². The first-order valence-electron chi connectivity index (χ1n) is 3.43. The molecule has 4 nitrogen and oxygen atoms in total. The Labute approximate surface area is 76.5 Å². The first kappa shape index (κ1) is 10.2. The number of alkyl halides is 2.